The normalized spacial score (nSPS) is 13.4. The Morgan fingerprint density at radius 3 is 3.04 bits per heavy atom. The van der Waals surface area contributed by atoms with Crippen molar-refractivity contribution in [1.29, 1.82) is 0 Å². The maximum atomic E-state index is 12.2. The molecular formula is C16H19ClN4O3. The van der Waals surface area contributed by atoms with Gasteiger partial charge in [0.05, 0.1) is 24.7 Å². The number of nitrogens with one attached hydrogen (secondary N) is 1. The Morgan fingerprint density at radius 1 is 1.38 bits per heavy atom. The van der Waals surface area contributed by atoms with Gasteiger partial charge in [-0.05, 0) is 24.1 Å². The molecule has 0 spiro atoms. The second-order valence-corrected chi connectivity index (χ2v) is 5.92. The van der Waals surface area contributed by atoms with E-state index < -0.39 is 0 Å². The first kappa shape index (κ1) is 16.6. The van der Waals surface area contributed by atoms with Crippen LogP contribution in [0.4, 0.5) is 5.95 Å². The number of rotatable bonds is 5. The highest BCUT2D eigenvalue weighted by atomic mass is 35.5. The van der Waals surface area contributed by atoms with Crippen molar-refractivity contribution in [2.45, 2.75) is 32.7 Å². The van der Waals surface area contributed by atoms with Crippen LogP contribution in [0.3, 0.4) is 0 Å². The molecule has 0 bridgehead atoms. The van der Waals surface area contributed by atoms with Crippen LogP contribution < -0.4 is 14.8 Å². The van der Waals surface area contributed by atoms with Crippen LogP contribution in [0.15, 0.2) is 18.5 Å². The summed E-state index contributed by atoms with van der Waals surface area (Å²) in [5.41, 5.74) is 0.745. The first-order chi connectivity index (χ1) is 11.7. The number of carbonyl (C=O) groups is 1. The summed E-state index contributed by atoms with van der Waals surface area (Å²) in [5.74, 6) is 1.20. The van der Waals surface area contributed by atoms with Gasteiger partial charge in [-0.1, -0.05) is 18.5 Å². The average Bonchev–Trinajstić information content (AvgIpc) is 2.82. The van der Waals surface area contributed by atoms with Crippen LogP contribution in [-0.4, -0.2) is 33.9 Å². The molecule has 8 heteroatoms. The maximum Gasteiger partial charge on any atom is 0.248 e. The fourth-order valence-corrected chi connectivity index (χ4v) is 2.72. The van der Waals surface area contributed by atoms with E-state index in [1.807, 2.05) is 6.92 Å². The summed E-state index contributed by atoms with van der Waals surface area (Å²) in [5, 5.41) is 7.32. The van der Waals surface area contributed by atoms with E-state index in [2.05, 4.69) is 15.4 Å². The summed E-state index contributed by atoms with van der Waals surface area (Å²) >= 11 is 6.24. The number of benzene rings is 1. The number of ether oxygens (including phenoxy) is 2. The lowest BCUT2D eigenvalue weighted by molar-refractivity contribution is -0.115. The topological polar surface area (TPSA) is 78.3 Å². The molecule has 128 valence electrons. The highest BCUT2D eigenvalue weighted by molar-refractivity contribution is 6.32. The van der Waals surface area contributed by atoms with Gasteiger partial charge in [0.15, 0.2) is 11.5 Å². The molecule has 2 aromatic rings. The molecule has 0 aliphatic carbocycles. The summed E-state index contributed by atoms with van der Waals surface area (Å²) in [4.78, 5) is 16.2. The monoisotopic (exact) mass is 350 g/mol. The van der Waals surface area contributed by atoms with Gasteiger partial charge in [-0.15, -0.1) is 5.10 Å². The van der Waals surface area contributed by atoms with Crippen LogP contribution in [0.5, 0.6) is 11.5 Å². The Balaban J connectivity index is 1.67. The second-order valence-electron chi connectivity index (χ2n) is 5.51. The quantitative estimate of drug-likeness (QED) is 0.897. The van der Waals surface area contributed by atoms with E-state index in [1.165, 1.54) is 0 Å². The minimum absolute atomic E-state index is 0.151. The molecule has 0 radical (unpaired) electrons. The third-order valence-electron chi connectivity index (χ3n) is 3.47. The van der Waals surface area contributed by atoms with Gasteiger partial charge in [0.2, 0.25) is 11.9 Å². The SMILES string of the molecule is CCCn1cnc(NC(=O)Cc2cc(Cl)c3c(c2)OCCCO3)n1. The maximum absolute atomic E-state index is 12.2. The minimum Gasteiger partial charge on any atom is -0.489 e. The van der Waals surface area contributed by atoms with Crippen LogP contribution in [0.1, 0.15) is 25.3 Å². The van der Waals surface area contributed by atoms with E-state index in [0.29, 0.717) is 35.7 Å². The van der Waals surface area contributed by atoms with Crippen LogP contribution >= 0.6 is 11.6 Å². The van der Waals surface area contributed by atoms with Gasteiger partial charge in [0.1, 0.15) is 6.33 Å². The lowest BCUT2D eigenvalue weighted by atomic mass is 10.1. The van der Waals surface area contributed by atoms with Gasteiger partial charge in [-0.25, -0.2) is 4.98 Å². The van der Waals surface area contributed by atoms with E-state index in [4.69, 9.17) is 21.1 Å². The Labute approximate surface area is 144 Å². The molecule has 0 saturated heterocycles. The molecule has 0 atom stereocenters. The molecule has 1 aliphatic rings. The van der Waals surface area contributed by atoms with Crippen molar-refractivity contribution < 1.29 is 14.3 Å². The molecule has 1 N–H and O–H groups in total. The standard InChI is InChI=1S/C16H19ClN4O3/c1-2-4-21-10-18-16(20-21)19-14(22)9-11-7-12(17)15-13(8-11)23-5-3-6-24-15/h7-8,10H,2-6,9H2,1H3,(H,19,20,22). The molecule has 0 fully saturated rings. The highest BCUT2D eigenvalue weighted by Crippen LogP contribution is 2.38. The number of aromatic nitrogens is 3. The van der Waals surface area contributed by atoms with Gasteiger partial charge >= 0.3 is 0 Å². The Hall–Kier alpha value is -2.28. The zero-order valence-corrected chi connectivity index (χ0v) is 14.2. The smallest absolute Gasteiger partial charge is 0.248 e. The molecular weight excluding hydrogens is 332 g/mol. The number of aryl methyl sites for hydroxylation is 1. The first-order valence-corrected chi connectivity index (χ1v) is 8.31. The van der Waals surface area contributed by atoms with Gasteiger partial charge in [-0.3, -0.25) is 14.8 Å². The minimum atomic E-state index is -0.213. The highest BCUT2D eigenvalue weighted by Gasteiger charge is 2.17. The molecule has 24 heavy (non-hydrogen) atoms. The third kappa shape index (κ3) is 3.97. The molecule has 3 rings (SSSR count). The Bertz CT molecular complexity index is 732. The average molecular weight is 351 g/mol. The van der Waals surface area contributed by atoms with Crippen LogP contribution in [0.25, 0.3) is 0 Å². The number of fused-ring (bicyclic) bond motifs is 1. The molecule has 1 aromatic carbocycles. The van der Waals surface area contributed by atoms with E-state index in [0.717, 1.165) is 24.9 Å². The summed E-state index contributed by atoms with van der Waals surface area (Å²) in [6, 6.07) is 3.51. The van der Waals surface area contributed by atoms with Crippen molar-refractivity contribution in [1.82, 2.24) is 14.8 Å². The van der Waals surface area contributed by atoms with E-state index in [9.17, 15) is 4.79 Å². The molecule has 0 unspecified atom stereocenters. The van der Waals surface area contributed by atoms with Crippen LogP contribution in [0, 0.1) is 0 Å². The largest absolute Gasteiger partial charge is 0.489 e. The zero-order chi connectivity index (χ0) is 16.9. The van der Waals surface area contributed by atoms with Crippen LogP contribution in [-0.2, 0) is 17.8 Å². The van der Waals surface area contributed by atoms with Gasteiger partial charge in [0.25, 0.3) is 0 Å². The second kappa shape index (κ2) is 7.53. The predicted molar refractivity (Wildman–Crippen MR) is 89.7 cm³/mol. The number of amides is 1. The molecule has 0 saturated carbocycles. The van der Waals surface area contributed by atoms with Gasteiger partial charge in [0, 0.05) is 13.0 Å². The summed E-state index contributed by atoms with van der Waals surface area (Å²) < 4.78 is 12.9. The molecule has 1 amide bonds. The lowest BCUT2D eigenvalue weighted by Gasteiger charge is -2.11. The molecule has 1 aliphatic heterocycles. The van der Waals surface area contributed by atoms with Crippen LogP contribution in [0.2, 0.25) is 5.02 Å². The third-order valence-corrected chi connectivity index (χ3v) is 3.75. The zero-order valence-electron chi connectivity index (χ0n) is 13.4. The predicted octanol–water partition coefficient (Wildman–Crippen LogP) is 2.68. The van der Waals surface area contributed by atoms with Crippen molar-refractivity contribution in [2.75, 3.05) is 18.5 Å². The van der Waals surface area contributed by atoms with Gasteiger partial charge in [-0.2, -0.15) is 0 Å². The summed E-state index contributed by atoms with van der Waals surface area (Å²) in [6.45, 7) is 3.95. The van der Waals surface area contributed by atoms with Crippen molar-refractivity contribution in [2.24, 2.45) is 0 Å². The molecule has 2 heterocycles. The van der Waals surface area contributed by atoms with Crippen molar-refractivity contribution in [3.05, 3.63) is 29.0 Å². The van der Waals surface area contributed by atoms with Gasteiger partial charge < -0.3 is 9.47 Å². The number of hydrogen-bond acceptors (Lipinski definition) is 5. The number of hydrogen-bond donors (Lipinski definition) is 1. The number of nitrogens with zero attached hydrogens (tertiary/aromatic N) is 3. The summed E-state index contributed by atoms with van der Waals surface area (Å²) in [6.07, 6.45) is 3.50. The Morgan fingerprint density at radius 2 is 2.21 bits per heavy atom. The number of carbonyl (C=O) groups excluding carboxylic acids is 1. The summed E-state index contributed by atoms with van der Waals surface area (Å²) in [7, 11) is 0. The fraction of sp³-hybridized carbons (Fsp3) is 0.438. The lowest BCUT2D eigenvalue weighted by Crippen LogP contribution is -2.16. The number of halogens is 1. The van der Waals surface area contributed by atoms with E-state index in [-0.39, 0.29) is 12.3 Å². The van der Waals surface area contributed by atoms with E-state index >= 15 is 0 Å². The van der Waals surface area contributed by atoms with Crippen molar-refractivity contribution in [3.8, 4) is 11.5 Å². The first-order valence-electron chi connectivity index (χ1n) is 7.93. The molecule has 1 aromatic heterocycles. The van der Waals surface area contributed by atoms with E-state index in [1.54, 1.807) is 23.1 Å². The molecule has 7 nitrogen and oxygen atoms in total. The van der Waals surface area contributed by atoms with Crippen molar-refractivity contribution in [3.63, 3.8) is 0 Å². The number of anilines is 1. The fourth-order valence-electron chi connectivity index (χ4n) is 2.43. The van der Waals surface area contributed by atoms with Crippen molar-refractivity contribution >= 4 is 23.5 Å². The Kier molecular flexibility index (Phi) is 5.20.